The van der Waals surface area contributed by atoms with Gasteiger partial charge in [-0.15, -0.1) is 0 Å². The van der Waals surface area contributed by atoms with Gasteiger partial charge < -0.3 is 19.8 Å². The second kappa shape index (κ2) is 7.39. The third kappa shape index (κ3) is 3.72. The van der Waals surface area contributed by atoms with Gasteiger partial charge in [0.25, 0.3) is 11.8 Å². The second-order valence-corrected chi connectivity index (χ2v) is 9.11. The fraction of sp³-hybridized carbons (Fsp3) is 0.565. The number of aromatic amines is 2. The number of aromatic nitrogens is 2. The van der Waals surface area contributed by atoms with Crippen LogP contribution in [0.5, 0.6) is 0 Å². The number of piperidine rings is 1. The van der Waals surface area contributed by atoms with Crippen LogP contribution in [0, 0.1) is 5.92 Å². The molecule has 1 atom stereocenters. The molecule has 2 saturated carbocycles. The first-order chi connectivity index (χ1) is 14.1. The molecule has 1 aliphatic heterocycles. The zero-order valence-corrected chi connectivity index (χ0v) is 17.1. The lowest BCUT2D eigenvalue weighted by Gasteiger charge is -2.34. The molecule has 3 fully saturated rings. The van der Waals surface area contributed by atoms with E-state index in [-0.39, 0.29) is 11.8 Å². The molecule has 0 spiro atoms. The summed E-state index contributed by atoms with van der Waals surface area (Å²) < 4.78 is 0. The first-order valence-corrected chi connectivity index (χ1v) is 11.0. The molecule has 6 heteroatoms. The number of H-pyrrole nitrogens is 2. The maximum Gasteiger partial charge on any atom is 0.270 e. The molecule has 6 nitrogen and oxygen atoms in total. The van der Waals surface area contributed by atoms with Crippen molar-refractivity contribution in [2.75, 3.05) is 26.7 Å². The molecule has 2 aromatic heterocycles. The molecule has 154 valence electrons. The van der Waals surface area contributed by atoms with E-state index in [1.807, 2.05) is 35.3 Å². The number of likely N-dealkylation sites (tertiary alicyclic amines) is 1. The van der Waals surface area contributed by atoms with Crippen molar-refractivity contribution in [1.29, 1.82) is 0 Å². The first kappa shape index (κ1) is 18.5. The van der Waals surface area contributed by atoms with Crippen molar-refractivity contribution in [1.82, 2.24) is 19.8 Å². The summed E-state index contributed by atoms with van der Waals surface area (Å²) in [6, 6.07) is 4.11. The second-order valence-electron chi connectivity index (χ2n) is 9.11. The summed E-state index contributed by atoms with van der Waals surface area (Å²) in [5.74, 6) is 1.63. The fourth-order valence-electron chi connectivity index (χ4n) is 4.82. The average molecular weight is 395 g/mol. The van der Waals surface area contributed by atoms with E-state index in [0.29, 0.717) is 24.3 Å². The number of nitrogens with one attached hydrogen (secondary N) is 2. The molecule has 2 aliphatic carbocycles. The Hall–Kier alpha value is -2.50. The Balaban J connectivity index is 1.22. The Kier molecular flexibility index (Phi) is 4.72. The average Bonchev–Trinajstić information content (AvgIpc) is 3.67. The summed E-state index contributed by atoms with van der Waals surface area (Å²) in [5, 5.41) is 0. The molecule has 3 aliphatic rings. The van der Waals surface area contributed by atoms with Crippen LogP contribution in [0.4, 0.5) is 0 Å². The normalized spacial score (nSPS) is 22.0. The van der Waals surface area contributed by atoms with Crippen LogP contribution in [0.1, 0.15) is 82.5 Å². The molecule has 5 rings (SSSR count). The van der Waals surface area contributed by atoms with Crippen molar-refractivity contribution in [2.45, 2.75) is 50.4 Å². The van der Waals surface area contributed by atoms with E-state index in [2.05, 4.69) is 16.0 Å². The lowest BCUT2D eigenvalue weighted by Crippen LogP contribution is -2.44. The smallest absolute Gasteiger partial charge is 0.270 e. The van der Waals surface area contributed by atoms with Gasteiger partial charge in [-0.25, -0.2) is 0 Å². The fourth-order valence-corrected chi connectivity index (χ4v) is 4.82. The molecule has 1 saturated heterocycles. The largest absolute Gasteiger partial charge is 0.357 e. The van der Waals surface area contributed by atoms with E-state index in [1.165, 1.54) is 36.8 Å². The first-order valence-electron chi connectivity index (χ1n) is 11.0. The lowest BCUT2D eigenvalue weighted by atomic mass is 9.96. The van der Waals surface area contributed by atoms with Gasteiger partial charge in [-0.2, -0.15) is 0 Å². The van der Waals surface area contributed by atoms with E-state index in [0.717, 1.165) is 37.3 Å². The summed E-state index contributed by atoms with van der Waals surface area (Å²) in [5.41, 5.74) is 3.88. The van der Waals surface area contributed by atoms with E-state index in [1.54, 1.807) is 0 Å². The van der Waals surface area contributed by atoms with Gasteiger partial charge in [0.15, 0.2) is 0 Å². The highest BCUT2D eigenvalue weighted by atomic mass is 16.2. The third-order valence-electron chi connectivity index (χ3n) is 6.71. The Morgan fingerprint density at radius 3 is 2.28 bits per heavy atom. The van der Waals surface area contributed by atoms with Gasteiger partial charge in [-0.3, -0.25) is 9.59 Å². The zero-order valence-electron chi connectivity index (χ0n) is 17.1. The molecular formula is C23H30N4O2. The van der Waals surface area contributed by atoms with Crippen LogP contribution in [-0.2, 0) is 0 Å². The van der Waals surface area contributed by atoms with E-state index >= 15 is 0 Å². The number of hydrogen-bond donors (Lipinski definition) is 2. The topological polar surface area (TPSA) is 72.2 Å². The summed E-state index contributed by atoms with van der Waals surface area (Å²) in [7, 11) is 1.89. The molecule has 0 radical (unpaired) electrons. The van der Waals surface area contributed by atoms with Crippen LogP contribution in [0.2, 0.25) is 0 Å². The number of nitrogens with zero attached hydrogens (tertiary/aromatic N) is 2. The third-order valence-corrected chi connectivity index (χ3v) is 6.71. The predicted octanol–water partition coefficient (Wildman–Crippen LogP) is 3.72. The molecule has 2 N–H and O–H groups in total. The van der Waals surface area contributed by atoms with Gasteiger partial charge >= 0.3 is 0 Å². The maximum absolute atomic E-state index is 13.1. The van der Waals surface area contributed by atoms with Gasteiger partial charge in [0.05, 0.1) is 0 Å². The Morgan fingerprint density at radius 1 is 1.00 bits per heavy atom. The van der Waals surface area contributed by atoms with Crippen molar-refractivity contribution in [3.63, 3.8) is 0 Å². The predicted molar refractivity (Wildman–Crippen MR) is 111 cm³/mol. The SMILES string of the molecule is CN(C[C@@H]1CCCN(C(=O)c2[nH]ccc2C2CC2)C1)C(=O)c1[nH]ccc1C1CC1. The van der Waals surface area contributed by atoms with Crippen molar-refractivity contribution in [2.24, 2.45) is 5.92 Å². The van der Waals surface area contributed by atoms with Gasteiger partial charge in [0.2, 0.25) is 0 Å². The molecule has 0 bridgehead atoms. The van der Waals surface area contributed by atoms with Crippen LogP contribution in [0.3, 0.4) is 0 Å². The molecular weight excluding hydrogens is 364 g/mol. The highest BCUT2D eigenvalue weighted by molar-refractivity contribution is 5.95. The minimum absolute atomic E-state index is 0.0701. The number of hydrogen-bond acceptors (Lipinski definition) is 2. The van der Waals surface area contributed by atoms with Gasteiger partial charge in [-0.1, -0.05) is 0 Å². The van der Waals surface area contributed by atoms with Crippen LogP contribution >= 0.6 is 0 Å². The number of amides is 2. The minimum atomic E-state index is 0.0701. The molecule has 3 heterocycles. The zero-order chi connectivity index (χ0) is 20.0. The number of carbonyl (C=O) groups excluding carboxylic acids is 2. The van der Waals surface area contributed by atoms with E-state index < -0.39 is 0 Å². The molecule has 0 unspecified atom stereocenters. The highest BCUT2D eigenvalue weighted by Crippen LogP contribution is 2.42. The van der Waals surface area contributed by atoms with Crippen molar-refractivity contribution in [3.8, 4) is 0 Å². The molecule has 2 amide bonds. The monoisotopic (exact) mass is 394 g/mol. The quantitative estimate of drug-likeness (QED) is 0.784. The summed E-state index contributed by atoms with van der Waals surface area (Å²) in [4.78, 5) is 36.2. The van der Waals surface area contributed by atoms with Gasteiger partial charge in [0, 0.05) is 39.1 Å². The van der Waals surface area contributed by atoms with Crippen molar-refractivity contribution >= 4 is 11.8 Å². The van der Waals surface area contributed by atoms with E-state index in [9.17, 15) is 9.59 Å². The Bertz CT molecular complexity index is 904. The number of carbonyl (C=O) groups is 2. The number of rotatable bonds is 6. The summed E-state index contributed by atoms with van der Waals surface area (Å²) in [6.45, 7) is 2.21. The minimum Gasteiger partial charge on any atom is -0.357 e. The van der Waals surface area contributed by atoms with Crippen LogP contribution in [-0.4, -0.2) is 58.3 Å². The standard InChI is InChI=1S/C23H30N4O2/c1-26(22(28)20-18(8-10-24-20)16-4-5-16)13-15-3-2-12-27(14-15)23(29)21-19(9-11-25-21)17-6-7-17/h8-11,15-17,24-25H,2-7,12-14H2,1H3/t15-/m0/s1. The Morgan fingerprint density at radius 2 is 1.62 bits per heavy atom. The van der Waals surface area contributed by atoms with Gasteiger partial charge in [-0.05, 0) is 79.5 Å². The summed E-state index contributed by atoms with van der Waals surface area (Å²) in [6.07, 6.45) is 10.6. The van der Waals surface area contributed by atoms with Crippen LogP contribution in [0.15, 0.2) is 24.5 Å². The van der Waals surface area contributed by atoms with Crippen molar-refractivity contribution < 1.29 is 9.59 Å². The van der Waals surface area contributed by atoms with Crippen LogP contribution < -0.4 is 0 Å². The maximum atomic E-state index is 13.1. The molecule has 0 aromatic carbocycles. The molecule has 29 heavy (non-hydrogen) atoms. The van der Waals surface area contributed by atoms with Crippen LogP contribution in [0.25, 0.3) is 0 Å². The van der Waals surface area contributed by atoms with E-state index in [4.69, 9.17) is 0 Å². The Labute approximate surface area is 171 Å². The highest BCUT2D eigenvalue weighted by Gasteiger charge is 2.33. The van der Waals surface area contributed by atoms with Crippen molar-refractivity contribution in [3.05, 3.63) is 47.0 Å². The van der Waals surface area contributed by atoms with Gasteiger partial charge in [0.1, 0.15) is 11.4 Å². The summed E-state index contributed by atoms with van der Waals surface area (Å²) >= 11 is 0. The lowest BCUT2D eigenvalue weighted by molar-refractivity contribution is 0.0611. The molecule has 2 aromatic rings.